The fourth-order valence-corrected chi connectivity index (χ4v) is 4.53. The Morgan fingerprint density at radius 3 is 1.90 bits per heavy atom. The Morgan fingerprint density at radius 1 is 0.875 bits per heavy atom. The number of alkyl halides is 1. The molecule has 1 atom stereocenters. The van der Waals surface area contributed by atoms with Gasteiger partial charge in [-0.25, -0.2) is 14.7 Å². The standard InChI is InChI=1S/C28H16Cl2N8O2/c1-36-27(39)26(38(28(36)40)24-5-3-2-4-21(24)30)35-25(12-29)37(22-8-6-17(13-31)10-19(22)15-33)23-9-7-18(14-32)11-20(23)16-34/h2-11,25H,12H2,1H3. The number of halogens is 2. The number of rotatable bonds is 6. The number of nitrogens with zero attached hydrogens (tertiary/aromatic N) is 8. The second-order valence-electron chi connectivity index (χ2n) is 8.30. The fourth-order valence-electron chi connectivity index (χ4n) is 4.10. The van der Waals surface area contributed by atoms with E-state index in [1.54, 1.807) is 24.3 Å². The number of amidine groups is 1. The Kier molecular flexibility index (Phi) is 7.99. The van der Waals surface area contributed by atoms with Crippen LogP contribution in [-0.4, -0.2) is 41.8 Å². The quantitative estimate of drug-likeness (QED) is 0.299. The Labute approximate surface area is 239 Å². The van der Waals surface area contributed by atoms with E-state index in [4.69, 9.17) is 23.2 Å². The van der Waals surface area contributed by atoms with Gasteiger partial charge in [0.1, 0.15) is 18.3 Å². The van der Waals surface area contributed by atoms with Crippen molar-refractivity contribution in [1.29, 1.82) is 21.0 Å². The summed E-state index contributed by atoms with van der Waals surface area (Å²) in [4.78, 5) is 34.3. The number of anilines is 3. The van der Waals surface area contributed by atoms with Crippen molar-refractivity contribution >= 4 is 58.0 Å². The number of benzene rings is 3. The van der Waals surface area contributed by atoms with Gasteiger partial charge < -0.3 is 4.90 Å². The largest absolute Gasteiger partial charge is 0.337 e. The number of urea groups is 1. The van der Waals surface area contributed by atoms with Gasteiger partial charge >= 0.3 is 6.03 Å². The van der Waals surface area contributed by atoms with Crippen molar-refractivity contribution in [2.45, 2.75) is 6.17 Å². The summed E-state index contributed by atoms with van der Waals surface area (Å²) in [5.41, 5.74) is 1.25. The van der Waals surface area contributed by atoms with E-state index in [2.05, 4.69) is 4.99 Å². The molecule has 3 aromatic carbocycles. The molecule has 0 aromatic heterocycles. The zero-order valence-electron chi connectivity index (χ0n) is 20.7. The maximum Gasteiger partial charge on any atom is 0.337 e. The number of aliphatic imine (C=N–C) groups is 1. The highest BCUT2D eigenvalue weighted by Crippen LogP contribution is 2.36. The van der Waals surface area contributed by atoms with Crippen molar-refractivity contribution in [2.75, 3.05) is 22.7 Å². The molecule has 1 aliphatic heterocycles. The van der Waals surface area contributed by atoms with E-state index in [0.717, 1.165) is 9.80 Å². The summed E-state index contributed by atoms with van der Waals surface area (Å²) in [7, 11) is 1.30. The Bertz CT molecular complexity index is 1670. The number of amides is 3. The van der Waals surface area contributed by atoms with Gasteiger partial charge in [-0.2, -0.15) is 21.0 Å². The monoisotopic (exact) mass is 566 g/mol. The molecule has 0 spiro atoms. The summed E-state index contributed by atoms with van der Waals surface area (Å²) in [5.74, 6) is -1.27. The minimum Gasteiger partial charge on any atom is -0.315 e. The molecule has 3 amide bonds. The number of imide groups is 1. The first-order chi connectivity index (χ1) is 19.3. The highest BCUT2D eigenvalue weighted by molar-refractivity contribution is 6.55. The number of nitriles is 4. The van der Waals surface area contributed by atoms with Gasteiger partial charge in [-0.3, -0.25) is 9.69 Å². The van der Waals surface area contributed by atoms with Crippen LogP contribution < -0.4 is 9.80 Å². The lowest BCUT2D eigenvalue weighted by Gasteiger charge is -2.32. The van der Waals surface area contributed by atoms with Gasteiger partial charge in [0.2, 0.25) is 5.84 Å². The van der Waals surface area contributed by atoms with E-state index in [0.29, 0.717) is 0 Å². The van der Waals surface area contributed by atoms with Gasteiger partial charge in [-0.05, 0) is 48.5 Å². The van der Waals surface area contributed by atoms with E-state index < -0.39 is 18.1 Å². The first-order valence-corrected chi connectivity index (χ1v) is 12.4. The summed E-state index contributed by atoms with van der Waals surface area (Å²) in [6, 6.07) is 22.4. The molecule has 1 unspecified atom stereocenters. The lowest BCUT2D eigenvalue weighted by atomic mass is 10.0. The molecule has 1 fully saturated rings. The maximum absolute atomic E-state index is 13.2. The van der Waals surface area contributed by atoms with Crippen LogP contribution in [0.4, 0.5) is 21.9 Å². The lowest BCUT2D eigenvalue weighted by Crippen LogP contribution is -2.38. The fraction of sp³-hybridized carbons (Fsp3) is 0.107. The van der Waals surface area contributed by atoms with E-state index in [1.807, 2.05) is 24.3 Å². The molecule has 0 radical (unpaired) electrons. The summed E-state index contributed by atoms with van der Waals surface area (Å²) in [6.07, 6.45) is -1.15. The molecule has 1 heterocycles. The topological polar surface area (TPSA) is 151 Å². The first-order valence-electron chi connectivity index (χ1n) is 11.5. The highest BCUT2D eigenvalue weighted by atomic mass is 35.5. The van der Waals surface area contributed by atoms with Crippen LogP contribution in [0, 0.1) is 45.3 Å². The van der Waals surface area contributed by atoms with Gasteiger partial charge in [-0.1, -0.05) is 23.7 Å². The average Bonchev–Trinajstić information content (AvgIpc) is 3.19. The smallest absolute Gasteiger partial charge is 0.315 e. The number of carbonyl (C=O) groups excluding carboxylic acids is 2. The van der Waals surface area contributed by atoms with E-state index in [9.17, 15) is 30.6 Å². The third-order valence-electron chi connectivity index (χ3n) is 6.00. The minimum atomic E-state index is -1.15. The maximum atomic E-state index is 13.2. The van der Waals surface area contributed by atoms with Crippen molar-refractivity contribution in [3.63, 3.8) is 0 Å². The molecule has 1 saturated heterocycles. The molecular formula is C28H16Cl2N8O2. The van der Waals surface area contributed by atoms with E-state index in [1.165, 1.54) is 48.3 Å². The molecule has 4 rings (SSSR count). The molecule has 0 saturated carbocycles. The van der Waals surface area contributed by atoms with Gasteiger partial charge in [0, 0.05) is 7.05 Å². The van der Waals surface area contributed by atoms with Crippen LogP contribution in [0.5, 0.6) is 0 Å². The SMILES string of the molecule is CN1C(=O)C(=NC(CCl)N(c2ccc(C#N)cc2C#N)c2ccc(C#N)cc2C#N)N(c2ccccc2Cl)C1=O. The van der Waals surface area contributed by atoms with Crippen LogP contribution >= 0.6 is 23.2 Å². The van der Waals surface area contributed by atoms with Crippen molar-refractivity contribution < 1.29 is 9.59 Å². The van der Waals surface area contributed by atoms with Crippen molar-refractivity contribution in [3.05, 3.63) is 87.9 Å². The van der Waals surface area contributed by atoms with Crippen LogP contribution in [0.2, 0.25) is 5.02 Å². The summed E-state index contributed by atoms with van der Waals surface area (Å²) in [6.45, 7) is 0. The lowest BCUT2D eigenvalue weighted by molar-refractivity contribution is -0.119. The molecule has 0 N–H and O–H groups in total. The summed E-state index contributed by atoms with van der Waals surface area (Å²) in [5, 5.41) is 38.7. The summed E-state index contributed by atoms with van der Waals surface area (Å²) >= 11 is 12.8. The van der Waals surface area contributed by atoms with E-state index >= 15 is 0 Å². The molecule has 10 nitrogen and oxygen atoms in total. The highest BCUT2D eigenvalue weighted by Gasteiger charge is 2.43. The molecule has 3 aromatic rings. The Balaban J connectivity index is 1.99. The summed E-state index contributed by atoms with van der Waals surface area (Å²) < 4.78 is 0. The Hall–Kier alpha value is -5.39. The Morgan fingerprint density at radius 2 is 1.43 bits per heavy atom. The predicted octanol–water partition coefficient (Wildman–Crippen LogP) is 5.03. The molecular weight excluding hydrogens is 551 g/mol. The molecule has 194 valence electrons. The van der Waals surface area contributed by atoms with Crippen LogP contribution in [0.3, 0.4) is 0 Å². The van der Waals surface area contributed by atoms with Crippen molar-refractivity contribution in [1.82, 2.24) is 4.90 Å². The zero-order chi connectivity index (χ0) is 29.0. The normalized spacial score (nSPS) is 14.3. The van der Waals surface area contributed by atoms with Gasteiger partial charge in [0.25, 0.3) is 5.91 Å². The predicted molar refractivity (Wildman–Crippen MR) is 148 cm³/mol. The molecule has 0 aliphatic carbocycles. The second kappa shape index (κ2) is 11.6. The van der Waals surface area contributed by atoms with Crippen LogP contribution in [0.15, 0.2) is 65.7 Å². The zero-order valence-corrected chi connectivity index (χ0v) is 22.2. The van der Waals surface area contributed by atoms with E-state index in [-0.39, 0.29) is 56.1 Å². The van der Waals surface area contributed by atoms with Crippen LogP contribution in [0.25, 0.3) is 0 Å². The van der Waals surface area contributed by atoms with Crippen molar-refractivity contribution in [3.8, 4) is 24.3 Å². The molecule has 12 heteroatoms. The van der Waals surface area contributed by atoms with Crippen LogP contribution in [-0.2, 0) is 4.79 Å². The number of para-hydroxylation sites is 1. The number of hydrogen-bond donors (Lipinski definition) is 0. The second-order valence-corrected chi connectivity index (χ2v) is 9.02. The van der Waals surface area contributed by atoms with Gasteiger partial charge in [0.15, 0.2) is 0 Å². The molecule has 40 heavy (non-hydrogen) atoms. The third-order valence-corrected chi connectivity index (χ3v) is 6.59. The van der Waals surface area contributed by atoms with Gasteiger partial charge in [0.05, 0.1) is 62.4 Å². The van der Waals surface area contributed by atoms with Crippen LogP contribution in [0.1, 0.15) is 22.3 Å². The third kappa shape index (κ3) is 4.89. The molecule has 1 aliphatic rings. The number of carbonyl (C=O) groups is 2. The first kappa shape index (κ1) is 27.6. The minimum absolute atomic E-state index is 0.0662. The number of likely N-dealkylation sites (N-methyl/N-ethyl adjacent to an activating group) is 1. The van der Waals surface area contributed by atoms with Crippen molar-refractivity contribution in [2.24, 2.45) is 4.99 Å². The van der Waals surface area contributed by atoms with Gasteiger partial charge in [-0.15, -0.1) is 11.6 Å². The molecule has 0 bridgehead atoms. The number of hydrogen-bond acceptors (Lipinski definition) is 8. The average molecular weight is 567 g/mol.